The van der Waals surface area contributed by atoms with Crippen molar-refractivity contribution in [1.82, 2.24) is 4.98 Å². The summed E-state index contributed by atoms with van der Waals surface area (Å²) in [7, 11) is 0. The highest BCUT2D eigenvalue weighted by atomic mass is 14.6. The van der Waals surface area contributed by atoms with E-state index >= 15 is 0 Å². The van der Waals surface area contributed by atoms with E-state index in [9.17, 15) is 0 Å². The summed E-state index contributed by atoms with van der Waals surface area (Å²) in [4.78, 5) is 4.04. The third-order valence-corrected chi connectivity index (χ3v) is 3.20. The van der Waals surface area contributed by atoms with Crippen LogP contribution in [0.3, 0.4) is 0 Å². The Balaban J connectivity index is 1.76. The molecule has 2 atom stereocenters. The van der Waals surface area contributed by atoms with Crippen LogP contribution in [-0.2, 0) is 0 Å². The molecule has 0 aliphatic heterocycles. The van der Waals surface area contributed by atoms with E-state index in [-0.39, 0.29) is 0 Å². The first kappa shape index (κ1) is 6.64. The minimum absolute atomic E-state index is 0.889. The molecule has 0 saturated heterocycles. The number of rotatable bonds is 2. The normalized spacial score (nSPS) is 33.3. The lowest BCUT2D eigenvalue weighted by atomic mass is 10.1. The van der Waals surface area contributed by atoms with Gasteiger partial charge in [-0.15, -0.1) is 0 Å². The summed E-state index contributed by atoms with van der Waals surface area (Å²) in [5, 5.41) is 0. The lowest BCUT2D eigenvalue weighted by molar-refractivity contribution is 0.690. The SMILES string of the molecule is c1cc([C@H]2C[C@@H]2C2CC2)ccn1. The summed E-state index contributed by atoms with van der Waals surface area (Å²) in [5.41, 5.74) is 1.52. The van der Waals surface area contributed by atoms with E-state index in [0.29, 0.717) is 0 Å². The molecule has 1 aromatic heterocycles. The number of nitrogens with zero attached hydrogens (tertiary/aromatic N) is 1. The highest BCUT2D eigenvalue weighted by Gasteiger charge is 2.47. The Morgan fingerprint density at radius 3 is 2.58 bits per heavy atom. The predicted molar refractivity (Wildman–Crippen MR) is 47.8 cm³/mol. The molecule has 1 nitrogen and oxygen atoms in total. The zero-order chi connectivity index (χ0) is 7.97. The third-order valence-electron chi connectivity index (χ3n) is 3.20. The molecule has 0 radical (unpaired) electrons. The Labute approximate surface area is 72.8 Å². The van der Waals surface area contributed by atoms with Crippen LogP contribution in [0.4, 0.5) is 0 Å². The summed E-state index contributed by atoms with van der Waals surface area (Å²) >= 11 is 0. The molecule has 1 heterocycles. The lowest BCUT2D eigenvalue weighted by Gasteiger charge is -1.96. The Morgan fingerprint density at radius 1 is 1.17 bits per heavy atom. The zero-order valence-corrected chi connectivity index (χ0v) is 7.11. The van der Waals surface area contributed by atoms with Crippen LogP contribution >= 0.6 is 0 Å². The maximum absolute atomic E-state index is 4.04. The largest absolute Gasteiger partial charge is 0.265 e. The van der Waals surface area contributed by atoms with E-state index < -0.39 is 0 Å². The number of aromatic nitrogens is 1. The van der Waals surface area contributed by atoms with Gasteiger partial charge in [0, 0.05) is 12.4 Å². The summed E-state index contributed by atoms with van der Waals surface area (Å²) in [5.74, 6) is 3.01. The Kier molecular flexibility index (Phi) is 1.28. The van der Waals surface area contributed by atoms with Crippen molar-refractivity contribution in [3.8, 4) is 0 Å². The van der Waals surface area contributed by atoms with Gasteiger partial charge in [0.05, 0.1) is 0 Å². The average Bonchev–Trinajstić information content (AvgIpc) is 2.99. The summed E-state index contributed by atoms with van der Waals surface area (Å²) in [6, 6.07) is 4.35. The molecule has 0 unspecified atom stereocenters. The van der Waals surface area contributed by atoms with Crippen LogP contribution in [0.15, 0.2) is 24.5 Å². The van der Waals surface area contributed by atoms with Crippen molar-refractivity contribution >= 4 is 0 Å². The lowest BCUT2D eigenvalue weighted by Crippen LogP contribution is -1.85. The second kappa shape index (κ2) is 2.32. The molecule has 62 valence electrons. The van der Waals surface area contributed by atoms with E-state index in [1.807, 2.05) is 12.4 Å². The van der Waals surface area contributed by atoms with Crippen molar-refractivity contribution in [1.29, 1.82) is 0 Å². The molecule has 2 saturated carbocycles. The van der Waals surface area contributed by atoms with E-state index in [1.165, 1.54) is 24.8 Å². The maximum Gasteiger partial charge on any atom is 0.0270 e. The van der Waals surface area contributed by atoms with Gasteiger partial charge in [-0.1, -0.05) is 0 Å². The molecule has 2 aliphatic rings. The Bertz CT molecular complexity index is 276. The summed E-state index contributed by atoms with van der Waals surface area (Å²) in [6.45, 7) is 0. The second-order valence-corrected chi connectivity index (χ2v) is 4.12. The van der Waals surface area contributed by atoms with Gasteiger partial charge < -0.3 is 0 Å². The van der Waals surface area contributed by atoms with Gasteiger partial charge >= 0.3 is 0 Å². The minimum Gasteiger partial charge on any atom is -0.265 e. The van der Waals surface area contributed by atoms with Gasteiger partial charge in [0.25, 0.3) is 0 Å². The molecule has 0 N–H and O–H groups in total. The molecule has 0 aromatic carbocycles. The predicted octanol–water partition coefficient (Wildman–Crippen LogP) is 2.60. The first-order valence-electron chi connectivity index (χ1n) is 4.85. The van der Waals surface area contributed by atoms with Gasteiger partial charge in [-0.2, -0.15) is 0 Å². The molecular weight excluding hydrogens is 146 g/mol. The zero-order valence-electron chi connectivity index (χ0n) is 7.11. The van der Waals surface area contributed by atoms with E-state index in [4.69, 9.17) is 0 Å². The van der Waals surface area contributed by atoms with Crippen molar-refractivity contribution in [2.75, 3.05) is 0 Å². The number of pyridine rings is 1. The van der Waals surface area contributed by atoms with Gasteiger partial charge in [0.1, 0.15) is 0 Å². The Hall–Kier alpha value is -0.850. The molecular formula is C11H13N. The molecule has 0 spiro atoms. The molecule has 3 rings (SSSR count). The van der Waals surface area contributed by atoms with Crippen molar-refractivity contribution in [3.63, 3.8) is 0 Å². The first-order valence-corrected chi connectivity index (χ1v) is 4.85. The molecule has 1 aromatic rings. The first-order chi connectivity index (χ1) is 5.95. The monoisotopic (exact) mass is 159 g/mol. The molecule has 0 amide bonds. The molecule has 1 heteroatoms. The van der Waals surface area contributed by atoms with Crippen molar-refractivity contribution < 1.29 is 0 Å². The van der Waals surface area contributed by atoms with Crippen LogP contribution in [0.25, 0.3) is 0 Å². The fourth-order valence-electron chi connectivity index (χ4n) is 2.25. The van der Waals surface area contributed by atoms with Crippen molar-refractivity contribution in [3.05, 3.63) is 30.1 Å². The van der Waals surface area contributed by atoms with Crippen molar-refractivity contribution in [2.45, 2.75) is 25.2 Å². The van der Waals surface area contributed by atoms with Crippen LogP contribution in [-0.4, -0.2) is 4.98 Å². The fourth-order valence-corrected chi connectivity index (χ4v) is 2.25. The topological polar surface area (TPSA) is 12.9 Å². The van der Waals surface area contributed by atoms with Crippen LogP contribution in [0.1, 0.15) is 30.7 Å². The molecule has 2 aliphatic carbocycles. The number of hydrogen-bond donors (Lipinski definition) is 0. The fraction of sp³-hybridized carbons (Fsp3) is 0.545. The number of hydrogen-bond acceptors (Lipinski definition) is 1. The van der Waals surface area contributed by atoms with Gasteiger partial charge in [-0.3, -0.25) is 4.98 Å². The van der Waals surface area contributed by atoms with E-state index in [1.54, 1.807) is 0 Å². The van der Waals surface area contributed by atoms with E-state index in [2.05, 4.69) is 17.1 Å². The van der Waals surface area contributed by atoms with Gasteiger partial charge in [-0.25, -0.2) is 0 Å². The molecule has 12 heavy (non-hydrogen) atoms. The van der Waals surface area contributed by atoms with Crippen LogP contribution in [0, 0.1) is 11.8 Å². The van der Waals surface area contributed by atoms with Gasteiger partial charge in [0.15, 0.2) is 0 Å². The van der Waals surface area contributed by atoms with Crippen molar-refractivity contribution in [2.24, 2.45) is 11.8 Å². The molecule has 2 fully saturated rings. The second-order valence-electron chi connectivity index (χ2n) is 4.12. The third kappa shape index (κ3) is 1.04. The minimum atomic E-state index is 0.889. The summed E-state index contributed by atoms with van der Waals surface area (Å²) < 4.78 is 0. The highest BCUT2D eigenvalue weighted by Crippen LogP contribution is 2.59. The summed E-state index contributed by atoms with van der Waals surface area (Å²) in [6.07, 6.45) is 8.25. The highest BCUT2D eigenvalue weighted by molar-refractivity contribution is 5.24. The smallest absolute Gasteiger partial charge is 0.0270 e. The Morgan fingerprint density at radius 2 is 1.92 bits per heavy atom. The standard InChI is InChI=1S/C11H13N/c1-2-8(1)10-7-11(10)9-3-5-12-6-4-9/h3-6,8,10-11H,1-2,7H2/t10-,11-/m1/s1. The molecule has 0 bridgehead atoms. The average molecular weight is 159 g/mol. The van der Waals surface area contributed by atoms with Crippen LogP contribution < -0.4 is 0 Å². The quantitative estimate of drug-likeness (QED) is 0.646. The van der Waals surface area contributed by atoms with Gasteiger partial charge in [-0.05, 0) is 54.7 Å². The van der Waals surface area contributed by atoms with Gasteiger partial charge in [0.2, 0.25) is 0 Å². The maximum atomic E-state index is 4.04. The van der Waals surface area contributed by atoms with Crippen LogP contribution in [0.2, 0.25) is 0 Å². The van der Waals surface area contributed by atoms with E-state index in [0.717, 1.165) is 17.8 Å². The van der Waals surface area contributed by atoms with Crippen LogP contribution in [0.5, 0.6) is 0 Å².